The summed E-state index contributed by atoms with van der Waals surface area (Å²) in [4.78, 5) is 12.8. The van der Waals surface area contributed by atoms with Crippen LogP contribution in [0.25, 0.3) is 11.5 Å². The van der Waals surface area contributed by atoms with E-state index in [9.17, 15) is 0 Å². The molecule has 0 fully saturated rings. The third-order valence-electron chi connectivity index (χ3n) is 2.99. The molecule has 2 aromatic heterocycles. The van der Waals surface area contributed by atoms with Crippen LogP contribution >= 0.6 is 11.8 Å². The van der Waals surface area contributed by atoms with Gasteiger partial charge in [0.15, 0.2) is 11.0 Å². The van der Waals surface area contributed by atoms with Crippen LogP contribution in [-0.2, 0) is 5.75 Å². The number of ether oxygens (including phenoxy) is 1. The van der Waals surface area contributed by atoms with E-state index < -0.39 is 0 Å². The second kappa shape index (κ2) is 6.66. The summed E-state index contributed by atoms with van der Waals surface area (Å²) in [5.74, 6) is 2.77. The van der Waals surface area contributed by atoms with Crippen molar-refractivity contribution in [1.29, 1.82) is 0 Å². The van der Waals surface area contributed by atoms with Gasteiger partial charge in [-0.05, 0) is 31.2 Å². The molecule has 0 bridgehead atoms. The Bertz CT molecular complexity index is 784. The van der Waals surface area contributed by atoms with Gasteiger partial charge in [0.2, 0.25) is 0 Å². The summed E-state index contributed by atoms with van der Waals surface area (Å²) in [6.45, 7) is 1.87. The number of anilines is 1. The van der Waals surface area contributed by atoms with Gasteiger partial charge in [0.05, 0.1) is 12.9 Å². The van der Waals surface area contributed by atoms with Crippen molar-refractivity contribution >= 4 is 17.6 Å². The summed E-state index contributed by atoms with van der Waals surface area (Å²) in [6, 6.07) is 9.15. The highest BCUT2D eigenvalue weighted by Gasteiger charge is 2.10. The van der Waals surface area contributed by atoms with Gasteiger partial charge in [-0.3, -0.25) is 0 Å². The fraction of sp³-hybridized carbons (Fsp3) is 0.200. The number of benzene rings is 1. The molecule has 2 heterocycles. The third kappa shape index (κ3) is 3.78. The Morgan fingerprint density at radius 3 is 2.65 bits per heavy atom. The minimum Gasteiger partial charge on any atom is -0.497 e. The largest absolute Gasteiger partial charge is 0.497 e. The third-order valence-corrected chi connectivity index (χ3v) is 3.83. The summed E-state index contributed by atoms with van der Waals surface area (Å²) in [5.41, 5.74) is 7.37. The summed E-state index contributed by atoms with van der Waals surface area (Å²) in [7, 11) is 1.62. The van der Waals surface area contributed by atoms with Gasteiger partial charge in [-0.25, -0.2) is 9.97 Å². The number of nitrogens with zero attached hydrogens (tertiary/aromatic N) is 4. The predicted octanol–water partition coefficient (Wildman–Crippen LogP) is 2.72. The van der Waals surface area contributed by atoms with Crippen molar-refractivity contribution in [3.05, 3.63) is 41.9 Å². The highest BCUT2D eigenvalue weighted by molar-refractivity contribution is 7.98. The minimum absolute atomic E-state index is 0.451. The van der Waals surface area contributed by atoms with E-state index in [1.54, 1.807) is 13.2 Å². The van der Waals surface area contributed by atoms with Crippen LogP contribution in [0.5, 0.6) is 5.75 Å². The summed E-state index contributed by atoms with van der Waals surface area (Å²) in [6.07, 6.45) is 0. The zero-order valence-electron chi connectivity index (χ0n) is 12.7. The van der Waals surface area contributed by atoms with Crippen LogP contribution in [0.1, 0.15) is 11.5 Å². The first-order valence-corrected chi connectivity index (χ1v) is 7.83. The van der Waals surface area contributed by atoms with Crippen LogP contribution in [0.3, 0.4) is 0 Å². The number of methoxy groups -OCH3 is 1. The van der Waals surface area contributed by atoms with Gasteiger partial charge in [0, 0.05) is 17.3 Å². The lowest BCUT2D eigenvalue weighted by Crippen LogP contribution is -1.97. The fourth-order valence-corrected chi connectivity index (χ4v) is 2.68. The maximum absolute atomic E-state index is 5.71. The standard InChI is InChI=1S/C15H15N5O2S/c1-9-7-12(16)18-15(17-9)23-8-13-19-14(22-20-13)10-3-5-11(21-2)6-4-10/h3-7H,8H2,1-2H3,(H2,16,17,18). The summed E-state index contributed by atoms with van der Waals surface area (Å²) >= 11 is 1.41. The van der Waals surface area contributed by atoms with Crippen LogP contribution in [-0.4, -0.2) is 27.2 Å². The fourth-order valence-electron chi connectivity index (χ4n) is 1.92. The van der Waals surface area contributed by atoms with E-state index in [1.165, 1.54) is 11.8 Å². The molecule has 7 nitrogen and oxygen atoms in total. The lowest BCUT2D eigenvalue weighted by Gasteiger charge is -2.00. The zero-order valence-corrected chi connectivity index (χ0v) is 13.5. The number of rotatable bonds is 5. The first kappa shape index (κ1) is 15.3. The molecule has 0 saturated heterocycles. The van der Waals surface area contributed by atoms with Gasteiger partial charge in [0.1, 0.15) is 11.6 Å². The van der Waals surface area contributed by atoms with Gasteiger partial charge in [-0.1, -0.05) is 16.9 Å². The molecule has 0 amide bonds. The van der Waals surface area contributed by atoms with Crippen LogP contribution in [0.4, 0.5) is 5.82 Å². The Morgan fingerprint density at radius 2 is 1.96 bits per heavy atom. The molecule has 0 saturated carbocycles. The molecule has 0 radical (unpaired) electrons. The molecular weight excluding hydrogens is 314 g/mol. The molecule has 3 aromatic rings. The van der Waals surface area contributed by atoms with Crippen molar-refractivity contribution < 1.29 is 9.26 Å². The topological polar surface area (TPSA) is 100.0 Å². The SMILES string of the molecule is COc1ccc(-c2nc(CSc3nc(C)cc(N)n3)no2)cc1. The van der Waals surface area contributed by atoms with Crippen molar-refractivity contribution in [2.24, 2.45) is 0 Å². The van der Waals surface area contributed by atoms with Crippen molar-refractivity contribution in [3.8, 4) is 17.2 Å². The van der Waals surface area contributed by atoms with Crippen molar-refractivity contribution in [2.45, 2.75) is 17.8 Å². The molecule has 0 spiro atoms. The van der Waals surface area contributed by atoms with Gasteiger partial charge in [0.25, 0.3) is 5.89 Å². The highest BCUT2D eigenvalue weighted by Crippen LogP contribution is 2.23. The van der Waals surface area contributed by atoms with Crippen LogP contribution < -0.4 is 10.5 Å². The van der Waals surface area contributed by atoms with E-state index in [4.69, 9.17) is 15.0 Å². The molecule has 23 heavy (non-hydrogen) atoms. The second-order valence-corrected chi connectivity index (χ2v) is 5.69. The quantitative estimate of drug-likeness (QED) is 0.563. The van der Waals surface area contributed by atoms with E-state index in [0.29, 0.717) is 28.4 Å². The van der Waals surface area contributed by atoms with Crippen LogP contribution in [0.2, 0.25) is 0 Å². The Kier molecular flexibility index (Phi) is 4.42. The molecule has 0 unspecified atom stereocenters. The maximum atomic E-state index is 5.71. The number of nitrogens with two attached hydrogens (primary N) is 1. The molecule has 0 aliphatic heterocycles. The van der Waals surface area contributed by atoms with E-state index in [-0.39, 0.29) is 0 Å². The monoisotopic (exact) mass is 329 g/mol. The Labute approximate surface area is 137 Å². The summed E-state index contributed by atoms with van der Waals surface area (Å²) < 4.78 is 10.4. The highest BCUT2D eigenvalue weighted by atomic mass is 32.2. The molecule has 8 heteroatoms. The van der Waals surface area contributed by atoms with Gasteiger partial charge >= 0.3 is 0 Å². The van der Waals surface area contributed by atoms with Crippen molar-refractivity contribution in [2.75, 3.05) is 12.8 Å². The van der Waals surface area contributed by atoms with Crippen LogP contribution in [0, 0.1) is 6.92 Å². The maximum Gasteiger partial charge on any atom is 0.257 e. The van der Waals surface area contributed by atoms with E-state index >= 15 is 0 Å². The van der Waals surface area contributed by atoms with Gasteiger partial charge in [-0.2, -0.15) is 4.98 Å². The summed E-state index contributed by atoms with van der Waals surface area (Å²) in [5, 5.41) is 4.57. The van der Waals surface area contributed by atoms with Crippen molar-refractivity contribution in [1.82, 2.24) is 20.1 Å². The van der Waals surface area contributed by atoms with E-state index in [0.717, 1.165) is 17.0 Å². The number of hydrogen-bond donors (Lipinski definition) is 1. The number of hydrogen-bond acceptors (Lipinski definition) is 8. The van der Waals surface area contributed by atoms with Crippen LogP contribution in [0.15, 0.2) is 40.0 Å². The van der Waals surface area contributed by atoms with Gasteiger partial charge in [-0.15, -0.1) is 0 Å². The molecule has 0 atom stereocenters. The van der Waals surface area contributed by atoms with Gasteiger partial charge < -0.3 is 15.0 Å². The Hall–Kier alpha value is -2.61. The first-order valence-electron chi connectivity index (χ1n) is 6.85. The lowest BCUT2D eigenvalue weighted by molar-refractivity contribution is 0.414. The predicted molar refractivity (Wildman–Crippen MR) is 87.0 cm³/mol. The Morgan fingerprint density at radius 1 is 1.17 bits per heavy atom. The molecule has 0 aliphatic rings. The van der Waals surface area contributed by atoms with E-state index in [2.05, 4.69) is 20.1 Å². The van der Waals surface area contributed by atoms with E-state index in [1.807, 2.05) is 31.2 Å². The number of nitrogen functional groups attached to an aromatic ring is 1. The minimum atomic E-state index is 0.451. The van der Waals surface area contributed by atoms with Crippen molar-refractivity contribution in [3.63, 3.8) is 0 Å². The zero-order chi connectivity index (χ0) is 16.2. The average molecular weight is 329 g/mol. The molecular formula is C15H15N5O2S. The smallest absolute Gasteiger partial charge is 0.257 e. The molecule has 3 rings (SSSR count). The number of aryl methyl sites for hydroxylation is 1. The number of aromatic nitrogens is 4. The molecule has 2 N–H and O–H groups in total. The number of thioether (sulfide) groups is 1. The lowest BCUT2D eigenvalue weighted by atomic mass is 10.2. The average Bonchev–Trinajstić information content (AvgIpc) is 3.01. The normalized spacial score (nSPS) is 10.7. The second-order valence-electron chi connectivity index (χ2n) is 4.75. The molecule has 0 aliphatic carbocycles. The molecule has 1 aromatic carbocycles. The Balaban J connectivity index is 1.69. The first-order chi connectivity index (χ1) is 11.1. The molecule has 118 valence electrons.